The fourth-order valence-electron chi connectivity index (χ4n) is 4.75. The molecule has 40 heavy (non-hydrogen) atoms. The van der Waals surface area contributed by atoms with Gasteiger partial charge in [-0.05, 0) is 80.6 Å². The Bertz CT molecular complexity index is 1420. The Morgan fingerprint density at radius 3 is 2.52 bits per heavy atom. The van der Waals surface area contributed by atoms with E-state index in [2.05, 4.69) is 5.32 Å². The number of imidazole rings is 1. The van der Waals surface area contributed by atoms with Gasteiger partial charge in [0.1, 0.15) is 17.0 Å². The fourth-order valence-corrected chi connectivity index (χ4v) is 5.23. The zero-order valence-electron chi connectivity index (χ0n) is 23.0. The molecular weight excluding hydrogens is 578 g/mol. The quantitative estimate of drug-likeness (QED) is 0.179. The normalized spacial score (nSPS) is 16.0. The monoisotopic (exact) mass is 608 g/mol. The predicted octanol–water partition coefficient (Wildman–Crippen LogP) is 4.46. The van der Waals surface area contributed by atoms with Crippen molar-refractivity contribution >= 4 is 40.9 Å². The van der Waals surface area contributed by atoms with E-state index in [1.807, 2.05) is 47.9 Å². The SMILES string of the molecule is C[N-]c1c(C(=N)OC2(C)CC2)nc(-c2cccc(OCCC3(CC(=O)O)CC3)c2Cl)n1Cc1cccc(Cl)c1.[K+]. The third-order valence-electron chi connectivity index (χ3n) is 7.48. The van der Waals surface area contributed by atoms with E-state index >= 15 is 0 Å². The van der Waals surface area contributed by atoms with Gasteiger partial charge in [-0.15, -0.1) is 0 Å². The Balaban J connectivity index is 0.00000370. The number of halogens is 2. The van der Waals surface area contributed by atoms with Crippen LogP contribution in [-0.2, 0) is 16.1 Å². The Kier molecular flexibility index (Phi) is 9.98. The standard InChI is InChI=1S/C29H32Cl2N4O4.K/c1-28(9-10-28)39-25(32)24-27(33-2)35(17-18-5-3-6-19(30)15-18)26(34-24)20-7-4-8-21(23(20)31)38-14-13-29(11-12-29)16-22(36)37;/h3-8,15H,9-14,16-17H2,1-2H3,(H3,32,33,36,37);/q;+1/p-1. The second kappa shape index (κ2) is 12.7. The third-order valence-corrected chi connectivity index (χ3v) is 8.10. The number of hydrogen-bond acceptors (Lipinski definition) is 5. The first-order valence-corrected chi connectivity index (χ1v) is 13.7. The smallest absolute Gasteiger partial charge is 0.492 e. The zero-order chi connectivity index (χ0) is 27.8. The van der Waals surface area contributed by atoms with E-state index in [9.17, 15) is 9.90 Å². The number of carboxylic acids is 1. The van der Waals surface area contributed by atoms with Crippen LogP contribution in [-0.4, -0.2) is 45.8 Å². The van der Waals surface area contributed by atoms with Crippen molar-refractivity contribution < 1.29 is 70.8 Å². The first-order chi connectivity index (χ1) is 18.6. The summed E-state index contributed by atoms with van der Waals surface area (Å²) >= 11 is 13.1. The number of ether oxygens (including phenoxy) is 2. The summed E-state index contributed by atoms with van der Waals surface area (Å²) in [4.78, 5) is 16.0. The van der Waals surface area contributed by atoms with E-state index in [4.69, 9.17) is 43.1 Å². The Morgan fingerprint density at radius 2 is 1.90 bits per heavy atom. The number of aliphatic carboxylic acids is 1. The van der Waals surface area contributed by atoms with Crippen LogP contribution in [0.1, 0.15) is 56.7 Å². The summed E-state index contributed by atoms with van der Waals surface area (Å²) in [6, 6.07) is 13.0. The van der Waals surface area contributed by atoms with Gasteiger partial charge in [-0.3, -0.25) is 10.2 Å². The number of carbonyl (C=O) groups is 1. The van der Waals surface area contributed by atoms with E-state index in [1.165, 1.54) is 0 Å². The molecule has 8 nitrogen and oxygen atoms in total. The van der Waals surface area contributed by atoms with Crippen molar-refractivity contribution in [1.82, 2.24) is 9.55 Å². The number of aromatic nitrogens is 2. The van der Waals surface area contributed by atoms with Crippen molar-refractivity contribution in [2.75, 3.05) is 13.7 Å². The maximum atomic E-state index is 11.2. The summed E-state index contributed by atoms with van der Waals surface area (Å²) in [5.74, 6) is 0.715. The van der Waals surface area contributed by atoms with E-state index in [0.717, 1.165) is 31.2 Å². The van der Waals surface area contributed by atoms with Crippen molar-refractivity contribution in [3.63, 3.8) is 0 Å². The van der Waals surface area contributed by atoms with Crippen LogP contribution in [0.15, 0.2) is 42.5 Å². The topological polar surface area (TPSA) is 112 Å². The molecule has 2 fully saturated rings. The van der Waals surface area contributed by atoms with Crippen molar-refractivity contribution in [2.45, 2.75) is 57.6 Å². The molecule has 2 N–H and O–H groups in total. The molecule has 0 spiro atoms. The molecule has 0 amide bonds. The summed E-state index contributed by atoms with van der Waals surface area (Å²) in [6.07, 6.45) is 4.39. The van der Waals surface area contributed by atoms with E-state index < -0.39 is 5.97 Å². The minimum absolute atomic E-state index is 0. The van der Waals surface area contributed by atoms with Crippen LogP contribution in [0, 0.1) is 10.8 Å². The Labute approximate surface area is 286 Å². The summed E-state index contributed by atoms with van der Waals surface area (Å²) < 4.78 is 13.9. The Hall–Kier alpha value is -1.59. The van der Waals surface area contributed by atoms with Crippen LogP contribution < -0.4 is 56.1 Å². The molecule has 5 rings (SSSR count). The molecule has 0 saturated heterocycles. The van der Waals surface area contributed by atoms with Crippen molar-refractivity contribution in [1.29, 1.82) is 5.41 Å². The van der Waals surface area contributed by atoms with Gasteiger partial charge in [0.05, 0.1) is 23.9 Å². The second-order valence-corrected chi connectivity index (χ2v) is 11.5. The van der Waals surface area contributed by atoms with E-state index in [0.29, 0.717) is 58.3 Å². The molecule has 2 aliphatic carbocycles. The zero-order valence-corrected chi connectivity index (χ0v) is 27.6. The molecule has 11 heteroatoms. The maximum Gasteiger partial charge on any atom is 1.00 e. The van der Waals surface area contributed by atoms with Gasteiger partial charge in [0.25, 0.3) is 0 Å². The third kappa shape index (κ3) is 7.24. The van der Waals surface area contributed by atoms with Gasteiger partial charge in [0.2, 0.25) is 5.90 Å². The average molecular weight is 610 g/mol. The molecule has 2 aliphatic rings. The van der Waals surface area contributed by atoms with Gasteiger partial charge >= 0.3 is 57.4 Å². The van der Waals surface area contributed by atoms with Gasteiger partial charge in [0, 0.05) is 10.6 Å². The number of benzene rings is 2. The molecule has 0 atom stereocenters. The molecule has 1 heterocycles. The summed E-state index contributed by atoms with van der Waals surface area (Å²) in [6.45, 7) is 2.75. The average Bonchev–Trinajstić information content (AvgIpc) is 3.78. The summed E-state index contributed by atoms with van der Waals surface area (Å²) in [7, 11) is 1.66. The molecule has 0 bridgehead atoms. The molecule has 206 valence electrons. The van der Waals surface area contributed by atoms with Gasteiger partial charge in [0.15, 0.2) is 0 Å². The molecule has 0 unspecified atom stereocenters. The van der Waals surface area contributed by atoms with Gasteiger partial charge in [-0.1, -0.05) is 54.5 Å². The van der Waals surface area contributed by atoms with Crippen LogP contribution in [0.4, 0.5) is 5.82 Å². The number of hydrogen-bond donors (Lipinski definition) is 2. The molecular formula is C29H31Cl2KN4O4. The number of carboxylic acid groups (broad SMARTS) is 1. The minimum Gasteiger partial charge on any atom is -0.492 e. The number of nitrogens with zero attached hydrogens (tertiary/aromatic N) is 3. The van der Waals surface area contributed by atoms with Gasteiger partial charge < -0.3 is 24.5 Å². The molecule has 3 aromatic rings. The molecule has 0 radical (unpaired) electrons. The molecule has 2 saturated carbocycles. The first-order valence-electron chi connectivity index (χ1n) is 13.0. The second-order valence-electron chi connectivity index (χ2n) is 10.7. The summed E-state index contributed by atoms with van der Waals surface area (Å²) in [5, 5.41) is 23.4. The maximum absolute atomic E-state index is 11.2. The van der Waals surface area contributed by atoms with Crippen LogP contribution in [0.3, 0.4) is 0 Å². The van der Waals surface area contributed by atoms with Crippen LogP contribution >= 0.6 is 23.2 Å². The summed E-state index contributed by atoms with van der Waals surface area (Å²) in [5.41, 5.74) is 1.40. The van der Waals surface area contributed by atoms with Crippen LogP contribution in [0.2, 0.25) is 10.0 Å². The molecule has 1 aromatic heterocycles. The fraction of sp³-hybridized carbons (Fsp3) is 0.414. The van der Waals surface area contributed by atoms with Crippen LogP contribution in [0.5, 0.6) is 5.75 Å². The number of rotatable bonds is 12. The Morgan fingerprint density at radius 1 is 1.18 bits per heavy atom. The predicted molar refractivity (Wildman–Crippen MR) is 152 cm³/mol. The number of nitrogens with one attached hydrogen (secondary N) is 1. The van der Waals surface area contributed by atoms with Crippen molar-refractivity contribution in [3.8, 4) is 17.1 Å². The van der Waals surface area contributed by atoms with Gasteiger partial charge in [-0.2, -0.15) is 0 Å². The molecule has 0 aliphatic heterocycles. The van der Waals surface area contributed by atoms with E-state index in [1.54, 1.807) is 13.1 Å². The van der Waals surface area contributed by atoms with E-state index in [-0.39, 0.29) is 74.7 Å². The largest absolute Gasteiger partial charge is 1.00 e. The van der Waals surface area contributed by atoms with Crippen molar-refractivity contribution in [3.05, 3.63) is 69.1 Å². The molecule has 2 aromatic carbocycles. The first kappa shape index (κ1) is 31.3. The van der Waals surface area contributed by atoms with Crippen molar-refractivity contribution in [2.24, 2.45) is 5.41 Å². The van der Waals surface area contributed by atoms with Crippen LogP contribution in [0.25, 0.3) is 16.7 Å². The van der Waals surface area contributed by atoms with Gasteiger partial charge in [-0.25, -0.2) is 4.98 Å². The minimum atomic E-state index is -0.780.